The molecule has 0 unspecified atom stereocenters. The van der Waals surface area contributed by atoms with Gasteiger partial charge in [-0.05, 0) is 25.1 Å². The molecular weight excluding hydrogens is 441 g/mol. The topological polar surface area (TPSA) is 60.5 Å². The fourth-order valence-electron chi connectivity index (χ4n) is 2.67. The van der Waals surface area contributed by atoms with Crippen LogP contribution in [0.25, 0.3) is 10.6 Å². The van der Waals surface area contributed by atoms with E-state index in [1.165, 1.54) is 32.4 Å². The summed E-state index contributed by atoms with van der Waals surface area (Å²) in [6, 6.07) is 7.67. The van der Waals surface area contributed by atoms with Gasteiger partial charge in [0.1, 0.15) is 21.4 Å². The van der Waals surface area contributed by atoms with E-state index in [4.69, 9.17) is 21.1 Å². The van der Waals surface area contributed by atoms with Crippen LogP contribution in [-0.2, 0) is 6.18 Å². The van der Waals surface area contributed by atoms with E-state index in [2.05, 4.69) is 10.3 Å². The summed E-state index contributed by atoms with van der Waals surface area (Å²) in [7, 11) is 2.90. The van der Waals surface area contributed by atoms with Crippen LogP contribution in [0.15, 0.2) is 36.4 Å². The molecule has 0 bridgehead atoms. The van der Waals surface area contributed by atoms with Gasteiger partial charge in [0, 0.05) is 11.6 Å². The van der Waals surface area contributed by atoms with Crippen molar-refractivity contribution in [3.05, 3.63) is 57.6 Å². The van der Waals surface area contributed by atoms with E-state index < -0.39 is 17.6 Å². The lowest BCUT2D eigenvalue weighted by Crippen LogP contribution is -2.12. The molecule has 2 aromatic carbocycles. The van der Waals surface area contributed by atoms with Crippen LogP contribution in [0.4, 0.5) is 18.9 Å². The second-order valence-electron chi connectivity index (χ2n) is 6.15. The van der Waals surface area contributed by atoms with E-state index in [1.54, 1.807) is 13.0 Å². The first-order valence-corrected chi connectivity index (χ1v) is 9.71. The summed E-state index contributed by atoms with van der Waals surface area (Å²) in [6.45, 7) is 1.65. The molecule has 30 heavy (non-hydrogen) atoms. The molecule has 0 radical (unpaired) electrons. The molecule has 1 N–H and O–H groups in total. The third-order valence-corrected chi connectivity index (χ3v) is 5.68. The van der Waals surface area contributed by atoms with Crippen LogP contribution in [0, 0.1) is 6.92 Å². The lowest BCUT2D eigenvalue weighted by atomic mass is 10.1. The number of hydrogen-bond donors (Lipinski definition) is 1. The minimum atomic E-state index is -4.42. The first kappa shape index (κ1) is 21.9. The number of halogens is 4. The van der Waals surface area contributed by atoms with Crippen molar-refractivity contribution < 1.29 is 27.4 Å². The summed E-state index contributed by atoms with van der Waals surface area (Å²) >= 11 is 7.20. The van der Waals surface area contributed by atoms with Crippen molar-refractivity contribution in [1.82, 2.24) is 4.98 Å². The Kier molecular flexibility index (Phi) is 6.23. The minimum absolute atomic E-state index is 0.292. The fraction of sp³-hybridized carbons (Fsp3) is 0.200. The first-order chi connectivity index (χ1) is 14.1. The Balaban J connectivity index is 1.87. The van der Waals surface area contributed by atoms with Gasteiger partial charge in [-0.25, -0.2) is 4.98 Å². The number of hydrogen-bond acceptors (Lipinski definition) is 5. The Morgan fingerprint density at radius 1 is 1.10 bits per heavy atom. The van der Waals surface area contributed by atoms with Crippen molar-refractivity contribution >= 4 is 34.5 Å². The Hall–Kier alpha value is -2.78. The number of anilines is 1. The highest BCUT2D eigenvalue weighted by Crippen LogP contribution is 2.37. The molecule has 0 aliphatic rings. The summed E-state index contributed by atoms with van der Waals surface area (Å²) in [6.07, 6.45) is -4.42. The van der Waals surface area contributed by atoms with Gasteiger partial charge in [0.25, 0.3) is 5.91 Å². The van der Waals surface area contributed by atoms with Gasteiger partial charge in [0.2, 0.25) is 0 Å². The summed E-state index contributed by atoms with van der Waals surface area (Å²) in [5.74, 6) is 0.308. The van der Waals surface area contributed by atoms with Gasteiger partial charge >= 0.3 is 6.18 Å². The number of amides is 1. The van der Waals surface area contributed by atoms with Gasteiger partial charge in [0.15, 0.2) is 0 Å². The monoisotopic (exact) mass is 456 g/mol. The summed E-state index contributed by atoms with van der Waals surface area (Å²) in [4.78, 5) is 17.4. The van der Waals surface area contributed by atoms with Gasteiger partial charge < -0.3 is 14.8 Å². The third kappa shape index (κ3) is 4.52. The molecule has 1 amide bonds. The average molecular weight is 457 g/mol. The Labute approximate surface area is 179 Å². The number of benzene rings is 2. The number of alkyl halides is 3. The van der Waals surface area contributed by atoms with E-state index in [0.29, 0.717) is 43.4 Å². The average Bonchev–Trinajstić information content (AvgIpc) is 3.09. The molecule has 0 aliphatic heterocycles. The summed E-state index contributed by atoms with van der Waals surface area (Å²) in [5, 5.41) is 3.45. The molecule has 5 nitrogen and oxygen atoms in total. The van der Waals surface area contributed by atoms with Crippen molar-refractivity contribution in [3.63, 3.8) is 0 Å². The van der Waals surface area contributed by atoms with Crippen LogP contribution >= 0.6 is 22.9 Å². The van der Waals surface area contributed by atoms with Gasteiger partial charge in [-0.3, -0.25) is 4.79 Å². The molecular formula is C20H16ClF3N2O3S. The quantitative estimate of drug-likeness (QED) is 0.507. The van der Waals surface area contributed by atoms with Crippen molar-refractivity contribution in [2.45, 2.75) is 13.1 Å². The zero-order valence-electron chi connectivity index (χ0n) is 16.1. The number of nitrogens with zero attached hydrogens (tertiary/aromatic N) is 1. The second kappa shape index (κ2) is 8.53. The van der Waals surface area contributed by atoms with Gasteiger partial charge in [0.05, 0.1) is 36.2 Å². The maximum Gasteiger partial charge on any atom is 0.416 e. The van der Waals surface area contributed by atoms with Crippen LogP contribution in [0.1, 0.15) is 20.9 Å². The van der Waals surface area contributed by atoms with Gasteiger partial charge in [-0.1, -0.05) is 23.7 Å². The van der Waals surface area contributed by atoms with Crippen molar-refractivity contribution in [2.24, 2.45) is 0 Å². The number of ether oxygens (including phenoxy) is 2. The number of carbonyl (C=O) groups is 1. The van der Waals surface area contributed by atoms with Crippen molar-refractivity contribution in [2.75, 3.05) is 19.5 Å². The predicted molar refractivity (Wildman–Crippen MR) is 110 cm³/mol. The standard InChI is InChI=1S/C20H16ClF3N2O3S/c1-10-17(18(27)26-14-8-13(21)15(28-2)9-16(14)29-3)30-19(25-10)11-4-6-12(7-5-11)20(22,23)24/h4-9H,1-3H3,(H,26,27). The lowest BCUT2D eigenvalue weighted by Gasteiger charge is -2.12. The van der Waals surface area contributed by atoms with Crippen molar-refractivity contribution in [3.8, 4) is 22.1 Å². The second-order valence-corrected chi connectivity index (χ2v) is 7.56. The maximum absolute atomic E-state index is 12.8. The smallest absolute Gasteiger partial charge is 0.416 e. The normalized spacial score (nSPS) is 11.3. The minimum Gasteiger partial charge on any atom is -0.495 e. The molecule has 3 aromatic rings. The van der Waals surface area contributed by atoms with E-state index in [-0.39, 0.29) is 0 Å². The highest BCUT2D eigenvalue weighted by Gasteiger charge is 2.30. The number of carbonyl (C=O) groups excluding carboxylic acids is 1. The van der Waals surface area contributed by atoms with Crippen LogP contribution in [-0.4, -0.2) is 25.1 Å². The summed E-state index contributed by atoms with van der Waals surface area (Å²) < 4.78 is 48.6. The zero-order chi connectivity index (χ0) is 22.1. The molecule has 0 aliphatic carbocycles. The van der Waals surface area contributed by atoms with E-state index in [0.717, 1.165) is 23.5 Å². The Morgan fingerprint density at radius 3 is 2.30 bits per heavy atom. The number of nitrogens with one attached hydrogen (secondary N) is 1. The number of rotatable bonds is 5. The van der Waals surface area contributed by atoms with Crippen LogP contribution in [0.3, 0.4) is 0 Å². The van der Waals surface area contributed by atoms with E-state index in [1.807, 2.05) is 0 Å². The predicted octanol–water partition coefficient (Wildman–Crippen LogP) is 6.06. The molecule has 0 saturated carbocycles. The maximum atomic E-state index is 12.8. The number of aromatic nitrogens is 1. The molecule has 1 aromatic heterocycles. The van der Waals surface area contributed by atoms with Crippen LogP contribution in [0.5, 0.6) is 11.5 Å². The molecule has 0 saturated heterocycles. The van der Waals surface area contributed by atoms with Gasteiger partial charge in [-0.2, -0.15) is 13.2 Å². The lowest BCUT2D eigenvalue weighted by molar-refractivity contribution is -0.137. The van der Waals surface area contributed by atoms with E-state index in [9.17, 15) is 18.0 Å². The molecule has 158 valence electrons. The molecule has 0 fully saturated rings. The van der Waals surface area contributed by atoms with E-state index >= 15 is 0 Å². The highest BCUT2D eigenvalue weighted by molar-refractivity contribution is 7.17. The zero-order valence-corrected chi connectivity index (χ0v) is 17.6. The largest absolute Gasteiger partial charge is 0.495 e. The first-order valence-electron chi connectivity index (χ1n) is 8.52. The van der Waals surface area contributed by atoms with Gasteiger partial charge in [-0.15, -0.1) is 11.3 Å². The SMILES string of the molecule is COc1cc(OC)c(NC(=O)c2sc(-c3ccc(C(F)(F)F)cc3)nc2C)cc1Cl. The summed E-state index contributed by atoms with van der Waals surface area (Å²) in [5.41, 5.74) is 0.532. The Morgan fingerprint density at radius 2 is 1.73 bits per heavy atom. The van der Waals surface area contributed by atoms with Crippen LogP contribution < -0.4 is 14.8 Å². The van der Waals surface area contributed by atoms with Crippen LogP contribution in [0.2, 0.25) is 5.02 Å². The number of thiazole rings is 1. The third-order valence-electron chi connectivity index (χ3n) is 4.18. The molecule has 10 heteroatoms. The molecule has 1 heterocycles. The molecule has 0 atom stereocenters. The molecule has 0 spiro atoms. The number of methoxy groups -OCH3 is 2. The number of aryl methyl sites for hydroxylation is 1. The highest BCUT2D eigenvalue weighted by atomic mass is 35.5. The molecule has 3 rings (SSSR count). The fourth-order valence-corrected chi connectivity index (χ4v) is 3.88. The Bertz CT molecular complexity index is 1080. The van der Waals surface area contributed by atoms with Crippen molar-refractivity contribution in [1.29, 1.82) is 0 Å².